The van der Waals surface area contributed by atoms with Crippen LogP contribution in [0.1, 0.15) is 38.2 Å². The van der Waals surface area contributed by atoms with E-state index in [2.05, 4.69) is 20.4 Å². The van der Waals surface area contributed by atoms with Crippen LogP contribution < -0.4 is 15.4 Å². The van der Waals surface area contributed by atoms with E-state index in [0.29, 0.717) is 24.6 Å². The van der Waals surface area contributed by atoms with Crippen molar-refractivity contribution in [2.45, 2.75) is 51.1 Å². The van der Waals surface area contributed by atoms with Crippen LogP contribution in [0, 0.1) is 0 Å². The van der Waals surface area contributed by atoms with Gasteiger partial charge < -0.3 is 20.5 Å². The van der Waals surface area contributed by atoms with E-state index < -0.39 is 12.0 Å². The quantitative estimate of drug-likeness (QED) is 0.540. The minimum atomic E-state index is -4.74. The van der Waals surface area contributed by atoms with E-state index in [0.717, 1.165) is 25.7 Å². The SMILES string of the molecule is CCNC(=NCc1ccccc1OC(F)(F)F)NCC1(O)CCCC1. The molecular weight excluding hydrogens is 335 g/mol. The summed E-state index contributed by atoms with van der Waals surface area (Å²) in [6.07, 6.45) is -1.28. The Morgan fingerprint density at radius 3 is 2.56 bits per heavy atom. The Kier molecular flexibility index (Phi) is 6.52. The number of ether oxygens (including phenoxy) is 1. The maximum Gasteiger partial charge on any atom is 0.573 e. The molecule has 1 aliphatic rings. The molecule has 0 spiro atoms. The molecule has 1 fully saturated rings. The number of nitrogens with one attached hydrogen (secondary N) is 2. The second-order valence-electron chi connectivity index (χ2n) is 6.14. The predicted molar refractivity (Wildman–Crippen MR) is 89.4 cm³/mol. The van der Waals surface area contributed by atoms with Crippen LogP contribution >= 0.6 is 0 Å². The van der Waals surface area contributed by atoms with Crippen molar-refractivity contribution >= 4 is 5.96 Å². The van der Waals surface area contributed by atoms with E-state index in [1.54, 1.807) is 12.1 Å². The topological polar surface area (TPSA) is 65.9 Å². The summed E-state index contributed by atoms with van der Waals surface area (Å²) in [5.41, 5.74) is -0.412. The van der Waals surface area contributed by atoms with Crippen molar-refractivity contribution in [3.05, 3.63) is 29.8 Å². The van der Waals surface area contributed by atoms with Crippen LogP contribution in [0.4, 0.5) is 13.2 Å². The molecule has 8 heteroatoms. The molecule has 0 unspecified atom stereocenters. The molecule has 0 radical (unpaired) electrons. The number of hydrogen-bond acceptors (Lipinski definition) is 3. The third-order valence-corrected chi connectivity index (χ3v) is 4.07. The molecule has 140 valence electrons. The molecule has 0 atom stereocenters. The average Bonchev–Trinajstić information content (AvgIpc) is 2.97. The molecule has 0 aliphatic heterocycles. The molecule has 0 heterocycles. The highest BCUT2D eigenvalue weighted by atomic mass is 19.4. The minimum Gasteiger partial charge on any atom is -0.405 e. The number of para-hydroxylation sites is 1. The molecule has 1 aliphatic carbocycles. The third kappa shape index (κ3) is 6.45. The van der Waals surface area contributed by atoms with Gasteiger partial charge in [0.1, 0.15) is 5.75 Å². The summed E-state index contributed by atoms with van der Waals surface area (Å²) in [5.74, 6) is 0.189. The zero-order valence-corrected chi connectivity index (χ0v) is 14.2. The van der Waals surface area contributed by atoms with Gasteiger partial charge in [-0.3, -0.25) is 0 Å². The summed E-state index contributed by atoms with van der Waals surface area (Å²) < 4.78 is 41.4. The maximum atomic E-state index is 12.5. The van der Waals surface area contributed by atoms with Gasteiger partial charge in [-0.15, -0.1) is 13.2 Å². The van der Waals surface area contributed by atoms with Gasteiger partial charge in [0.05, 0.1) is 12.1 Å². The first-order valence-corrected chi connectivity index (χ1v) is 8.39. The Bertz CT molecular complexity index is 585. The van der Waals surface area contributed by atoms with Gasteiger partial charge in [0, 0.05) is 18.7 Å². The zero-order valence-electron chi connectivity index (χ0n) is 14.2. The summed E-state index contributed by atoms with van der Waals surface area (Å²) in [6, 6.07) is 5.92. The number of alkyl halides is 3. The average molecular weight is 359 g/mol. The van der Waals surface area contributed by atoms with Gasteiger partial charge in [0.2, 0.25) is 0 Å². The number of aliphatic hydroxyl groups is 1. The first-order chi connectivity index (χ1) is 11.8. The van der Waals surface area contributed by atoms with Crippen LogP contribution in [-0.4, -0.2) is 36.1 Å². The van der Waals surface area contributed by atoms with Crippen molar-refractivity contribution < 1.29 is 23.0 Å². The fourth-order valence-electron chi connectivity index (χ4n) is 2.82. The maximum absolute atomic E-state index is 12.5. The second kappa shape index (κ2) is 8.42. The van der Waals surface area contributed by atoms with E-state index in [1.807, 2.05) is 6.92 Å². The van der Waals surface area contributed by atoms with Crippen molar-refractivity contribution in [1.29, 1.82) is 0 Å². The molecule has 0 bridgehead atoms. The Balaban J connectivity index is 2.03. The van der Waals surface area contributed by atoms with Crippen LogP contribution in [0.25, 0.3) is 0 Å². The predicted octanol–water partition coefficient (Wildman–Crippen LogP) is 2.95. The Morgan fingerprint density at radius 2 is 1.92 bits per heavy atom. The lowest BCUT2D eigenvalue weighted by Crippen LogP contribution is -2.46. The third-order valence-electron chi connectivity index (χ3n) is 4.07. The summed E-state index contributed by atoms with van der Waals surface area (Å²) in [6.45, 7) is 2.88. The summed E-state index contributed by atoms with van der Waals surface area (Å²) in [4.78, 5) is 4.30. The first-order valence-electron chi connectivity index (χ1n) is 8.39. The van der Waals surface area contributed by atoms with Crippen molar-refractivity contribution in [2.75, 3.05) is 13.1 Å². The van der Waals surface area contributed by atoms with Crippen molar-refractivity contribution in [3.63, 3.8) is 0 Å². The number of benzene rings is 1. The lowest BCUT2D eigenvalue weighted by atomic mass is 10.0. The number of halogens is 3. The fourth-order valence-corrected chi connectivity index (χ4v) is 2.82. The second-order valence-corrected chi connectivity index (χ2v) is 6.14. The fraction of sp³-hybridized carbons (Fsp3) is 0.588. The summed E-state index contributed by atoms with van der Waals surface area (Å²) in [7, 11) is 0. The molecule has 5 nitrogen and oxygen atoms in total. The van der Waals surface area contributed by atoms with Gasteiger partial charge in [-0.1, -0.05) is 31.0 Å². The molecule has 1 aromatic rings. The van der Waals surface area contributed by atoms with Gasteiger partial charge in [0.15, 0.2) is 5.96 Å². The largest absolute Gasteiger partial charge is 0.573 e. The molecule has 0 saturated heterocycles. The van der Waals surface area contributed by atoms with Crippen LogP contribution in [-0.2, 0) is 6.54 Å². The minimum absolute atomic E-state index is 0.0278. The zero-order chi connectivity index (χ0) is 18.3. The molecule has 3 N–H and O–H groups in total. The van der Waals surface area contributed by atoms with Gasteiger partial charge in [0.25, 0.3) is 0 Å². The highest BCUT2D eigenvalue weighted by molar-refractivity contribution is 5.79. The van der Waals surface area contributed by atoms with Crippen molar-refractivity contribution in [1.82, 2.24) is 10.6 Å². The molecule has 2 rings (SSSR count). The van der Waals surface area contributed by atoms with Gasteiger partial charge in [-0.25, -0.2) is 4.99 Å². The highest BCUT2D eigenvalue weighted by Crippen LogP contribution is 2.29. The standard InChI is InChI=1S/C17H24F3N3O2/c1-2-21-15(23-12-16(24)9-5-6-10-16)22-11-13-7-3-4-8-14(13)25-17(18,19)20/h3-4,7-8,24H,2,5-6,9-12H2,1H3,(H2,21,22,23). The van der Waals surface area contributed by atoms with Crippen LogP contribution in [0.15, 0.2) is 29.3 Å². The molecular formula is C17H24F3N3O2. The highest BCUT2D eigenvalue weighted by Gasteiger charge is 2.32. The van der Waals surface area contributed by atoms with Crippen molar-refractivity contribution in [2.24, 2.45) is 4.99 Å². The van der Waals surface area contributed by atoms with E-state index in [-0.39, 0.29) is 12.3 Å². The van der Waals surface area contributed by atoms with E-state index in [1.165, 1.54) is 12.1 Å². The summed E-state index contributed by atoms with van der Waals surface area (Å²) >= 11 is 0. The van der Waals surface area contributed by atoms with E-state index in [4.69, 9.17) is 0 Å². The first kappa shape index (κ1) is 19.4. The number of guanidine groups is 1. The van der Waals surface area contributed by atoms with Crippen LogP contribution in [0.2, 0.25) is 0 Å². The van der Waals surface area contributed by atoms with Gasteiger partial charge in [-0.05, 0) is 25.8 Å². The smallest absolute Gasteiger partial charge is 0.405 e. The molecule has 0 amide bonds. The molecule has 1 saturated carbocycles. The van der Waals surface area contributed by atoms with Gasteiger partial charge >= 0.3 is 6.36 Å². The van der Waals surface area contributed by atoms with Crippen LogP contribution in [0.3, 0.4) is 0 Å². The number of nitrogens with zero attached hydrogens (tertiary/aromatic N) is 1. The van der Waals surface area contributed by atoms with Crippen molar-refractivity contribution in [3.8, 4) is 5.75 Å². The van der Waals surface area contributed by atoms with Gasteiger partial charge in [-0.2, -0.15) is 0 Å². The monoisotopic (exact) mass is 359 g/mol. The van der Waals surface area contributed by atoms with E-state index >= 15 is 0 Å². The number of rotatable bonds is 6. The lowest BCUT2D eigenvalue weighted by molar-refractivity contribution is -0.274. The Hall–Kier alpha value is -1.96. The summed E-state index contributed by atoms with van der Waals surface area (Å²) in [5, 5.41) is 16.5. The number of hydrogen-bond donors (Lipinski definition) is 3. The molecule has 1 aromatic carbocycles. The lowest BCUT2D eigenvalue weighted by Gasteiger charge is -2.23. The number of aliphatic imine (C=N–C) groups is 1. The normalized spacial score (nSPS) is 17.4. The molecule has 0 aromatic heterocycles. The Morgan fingerprint density at radius 1 is 1.24 bits per heavy atom. The van der Waals surface area contributed by atoms with Crippen LogP contribution in [0.5, 0.6) is 5.75 Å². The van der Waals surface area contributed by atoms with E-state index in [9.17, 15) is 18.3 Å². The molecule has 25 heavy (non-hydrogen) atoms. The Labute approximate surface area is 145 Å².